The lowest BCUT2D eigenvalue weighted by molar-refractivity contribution is -0.123. The number of hydrogen-bond acceptors (Lipinski definition) is 5. The van der Waals surface area contributed by atoms with Crippen molar-refractivity contribution in [2.75, 3.05) is 46.9 Å². The Morgan fingerprint density at radius 2 is 1.87 bits per heavy atom. The number of methoxy groups -OCH3 is 2. The van der Waals surface area contributed by atoms with Crippen molar-refractivity contribution in [3.8, 4) is 11.5 Å². The normalized spacial score (nSPS) is 15.1. The molecule has 0 atom stereocenters. The zero-order valence-electron chi connectivity index (χ0n) is 19.0. The van der Waals surface area contributed by atoms with Crippen molar-refractivity contribution in [3.63, 3.8) is 0 Å². The first kappa shape index (κ1) is 27.3. The van der Waals surface area contributed by atoms with E-state index >= 15 is 0 Å². The summed E-state index contributed by atoms with van der Waals surface area (Å²) < 4.78 is 10.6. The van der Waals surface area contributed by atoms with Gasteiger partial charge in [0, 0.05) is 19.0 Å². The van der Waals surface area contributed by atoms with Crippen molar-refractivity contribution >= 4 is 35.8 Å². The molecule has 31 heavy (non-hydrogen) atoms. The molecule has 176 valence electrons. The first-order valence-electron chi connectivity index (χ1n) is 10.8. The molecule has 0 saturated carbocycles. The molecule has 0 unspecified atom stereocenters. The van der Waals surface area contributed by atoms with E-state index in [1.54, 1.807) is 14.2 Å². The number of guanidine groups is 1. The van der Waals surface area contributed by atoms with Gasteiger partial charge in [0.1, 0.15) is 0 Å². The summed E-state index contributed by atoms with van der Waals surface area (Å²) >= 11 is 0. The molecular formula is C22H38IN5O3. The van der Waals surface area contributed by atoms with Crippen LogP contribution in [0.5, 0.6) is 11.5 Å². The minimum Gasteiger partial charge on any atom is -0.493 e. The van der Waals surface area contributed by atoms with Gasteiger partial charge in [0.25, 0.3) is 0 Å². The minimum atomic E-state index is -0.151. The van der Waals surface area contributed by atoms with Gasteiger partial charge in [-0.25, -0.2) is 4.99 Å². The first-order valence-corrected chi connectivity index (χ1v) is 10.8. The molecule has 1 fully saturated rings. The minimum absolute atomic E-state index is 0. The number of rotatable bonds is 11. The van der Waals surface area contributed by atoms with Crippen molar-refractivity contribution in [2.45, 2.75) is 39.2 Å². The summed E-state index contributed by atoms with van der Waals surface area (Å²) in [6.07, 6.45) is 3.96. The second-order valence-corrected chi connectivity index (χ2v) is 7.54. The van der Waals surface area contributed by atoms with Crippen molar-refractivity contribution in [1.82, 2.24) is 15.5 Å². The van der Waals surface area contributed by atoms with E-state index in [9.17, 15) is 4.79 Å². The monoisotopic (exact) mass is 547 g/mol. The molecular weight excluding hydrogens is 509 g/mol. The number of carbonyl (C=O) groups is 1. The molecule has 9 heteroatoms. The van der Waals surface area contributed by atoms with Gasteiger partial charge in [-0.2, -0.15) is 0 Å². The number of ether oxygens (including phenoxy) is 2. The number of halogens is 1. The molecule has 0 radical (unpaired) electrons. The summed E-state index contributed by atoms with van der Waals surface area (Å²) in [4.78, 5) is 18.3. The molecule has 0 aliphatic carbocycles. The van der Waals surface area contributed by atoms with Gasteiger partial charge >= 0.3 is 0 Å². The fraction of sp³-hybridized carbons (Fsp3) is 0.636. The topological polar surface area (TPSA) is 101 Å². The van der Waals surface area contributed by atoms with Gasteiger partial charge in [-0.15, -0.1) is 24.0 Å². The first-order chi connectivity index (χ1) is 14.6. The highest BCUT2D eigenvalue weighted by atomic mass is 127. The number of unbranched alkanes of at least 4 members (excludes halogenated alkanes) is 1. The van der Waals surface area contributed by atoms with E-state index in [4.69, 9.17) is 15.2 Å². The number of amides is 1. The molecule has 1 aliphatic heterocycles. The number of hydrogen-bond donors (Lipinski definition) is 3. The third kappa shape index (κ3) is 9.51. The van der Waals surface area contributed by atoms with E-state index in [0.717, 1.165) is 69.9 Å². The fourth-order valence-electron chi connectivity index (χ4n) is 3.60. The fourth-order valence-corrected chi connectivity index (χ4v) is 3.60. The molecule has 0 aromatic heterocycles. The Bertz CT molecular complexity index is 694. The van der Waals surface area contributed by atoms with Gasteiger partial charge in [0.2, 0.25) is 5.91 Å². The van der Waals surface area contributed by atoms with Gasteiger partial charge in [0.15, 0.2) is 17.5 Å². The summed E-state index contributed by atoms with van der Waals surface area (Å²) in [5.74, 6) is 2.15. The number of likely N-dealkylation sites (tertiary alicyclic amines) is 1. The van der Waals surface area contributed by atoms with E-state index in [1.165, 1.54) is 0 Å². The molecule has 1 aromatic carbocycles. The van der Waals surface area contributed by atoms with Crippen LogP contribution in [-0.4, -0.2) is 63.7 Å². The van der Waals surface area contributed by atoms with Crippen LogP contribution < -0.4 is 25.8 Å². The van der Waals surface area contributed by atoms with Crippen LogP contribution in [0.15, 0.2) is 23.2 Å². The van der Waals surface area contributed by atoms with Crippen molar-refractivity contribution in [3.05, 3.63) is 23.8 Å². The van der Waals surface area contributed by atoms with Gasteiger partial charge < -0.3 is 30.7 Å². The average Bonchev–Trinajstić information content (AvgIpc) is 2.77. The van der Waals surface area contributed by atoms with Gasteiger partial charge in [-0.05, 0) is 69.9 Å². The quantitative estimate of drug-likeness (QED) is 0.170. The molecule has 1 aromatic rings. The van der Waals surface area contributed by atoms with E-state index in [-0.39, 0.29) is 35.8 Å². The van der Waals surface area contributed by atoms with Gasteiger partial charge in [-0.1, -0.05) is 6.07 Å². The van der Waals surface area contributed by atoms with Crippen LogP contribution in [0.25, 0.3) is 0 Å². The van der Waals surface area contributed by atoms with Crippen LogP contribution in [0.1, 0.15) is 38.2 Å². The van der Waals surface area contributed by atoms with Crippen LogP contribution in [0.2, 0.25) is 0 Å². The van der Waals surface area contributed by atoms with E-state index in [2.05, 4.69) is 27.4 Å². The zero-order chi connectivity index (χ0) is 21.8. The molecule has 2 rings (SSSR count). The summed E-state index contributed by atoms with van der Waals surface area (Å²) in [5.41, 5.74) is 6.46. The highest BCUT2D eigenvalue weighted by Gasteiger charge is 2.22. The maximum absolute atomic E-state index is 11.2. The molecule has 8 nitrogen and oxygen atoms in total. The van der Waals surface area contributed by atoms with Gasteiger partial charge in [0.05, 0.1) is 20.8 Å². The molecule has 0 bridgehead atoms. The smallest absolute Gasteiger partial charge is 0.220 e. The Morgan fingerprint density at radius 1 is 1.16 bits per heavy atom. The SMILES string of the molecule is CCNC(=NCc1ccc(OC)c(OC)c1)NCCCCN1CCC(C(N)=O)CC1.I. The van der Waals surface area contributed by atoms with Crippen LogP contribution in [0.3, 0.4) is 0 Å². The molecule has 1 amide bonds. The Labute approximate surface area is 203 Å². The number of benzene rings is 1. The van der Waals surface area contributed by atoms with Crippen LogP contribution in [0, 0.1) is 5.92 Å². The lowest BCUT2D eigenvalue weighted by Crippen LogP contribution is -2.39. The van der Waals surface area contributed by atoms with E-state index in [0.29, 0.717) is 18.0 Å². The summed E-state index contributed by atoms with van der Waals surface area (Å²) in [6.45, 7) is 7.30. The molecule has 1 saturated heterocycles. The second kappa shape index (κ2) is 15.1. The number of nitrogens with one attached hydrogen (secondary N) is 2. The largest absolute Gasteiger partial charge is 0.493 e. The Kier molecular flexibility index (Phi) is 13.3. The third-order valence-electron chi connectivity index (χ3n) is 5.40. The number of nitrogens with zero attached hydrogens (tertiary/aromatic N) is 2. The predicted octanol–water partition coefficient (Wildman–Crippen LogP) is 2.35. The summed E-state index contributed by atoms with van der Waals surface area (Å²) in [5, 5.41) is 6.69. The highest BCUT2D eigenvalue weighted by Crippen LogP contribution is 2.27. The highest BCUT2D eigenvalue weighted by molar-refractivity contribution is 14.0. The number of piperidine rings is 1. The number of aliphatic imine (C=N–C) groups is 1. The number of nitrogens with two attached hydrogens (primary N) is 1. The van der Waals surface area contributed by atoms with Crippen LogP contribution in [0.4, 0.5) is 0 Å². The second-order valence-electron chi connectivity index (χ2n) is 7.54. The standard InChI is InChI=1S/C22H37N5O3.HI/c1-4-24-22(26-16-17-7-8-19(29-2)20(15-17)30-3)25-11-5-6-12-27-13-9-18(10-14-27)21(23)28;/h7-8,15,18H,4-6,9-14,16H2,1-3H3,(H2,23,28)(H2,24,25,26);1H. The third-order valence-corrected chi connectivity index (χ3v) is 5.40. The molecule has 0 spiro atoms. The lowest BCUT2D eigenvalue weighted by atomic mass is 9.96. The molecule has 1 aliphatic rings. The van der Waals surface area contributed by atoms with E-state index in [1.807, 2.05) is 18.2 Å². The zero-order valence-corrected chi connectivity index (χ0v) is 21.3. The average molecular weight is 547 g/mol. The molecule has 1 heterocycles. The van der Waals surface area contributed by atoms with E-state index < -0.39 is 0 Å². The predicted molar refractivity (Wildman–Crippen MR) is 135 cm³/mol. The summed E-state index contributed by atoms with van der Waals surface area (Å²) in [7, 11) is 3.27. The van der Waals surface area contributed by atoms with Crippen molar-refractivity contribution < 1.29 is 14.3 Å². The maximum Gasteiger partial charge on any atom is 0.220 e. The summed E-state index contributed by atoms with van der Waals surface area (Å²) in [6, 6.07) is 5.85. The van der Waals surface area contributed by atoms with Crippen LogP contribution in [-0.2, 0) is 11.3 Å². The Balaban J connectivity index is 0.00000480. The lowest BCUT2D eigenvalue weighted by Gasteiger charge is -2.30. The van der Waals surface area contributed by atoms with Crippen LogP contribution >= 0.6 is 24.0 Å². The number of primary amides is 1. The molecule has 4 N–H and O–H groups in total. The number of carbonyl (C=O) groups excluding carboxylic acids is 1. The Morgan fingerprint density at radius 3 is 2.48 bits per heavy atom. The Hall–Kier alpha value is -1.75. The van der Waals surface area contributed by atoms with Crippen molar-refractivity contribution in [2.24, 2.45) is 16.6 Å². The van der Waals surface area contributed by atoms with Crippen molar-refractivity contribution in [1.29, 1.82) is 0 Å². The maximum atomic E-state index is 11.2. The van der Waals surface area contributed by atoms with Gasteiger partial charge in [-0.3, -0.25) is 4.79 Å².